The molecule has 1 aromatic heterocycles. The van der Waals surface area contributed by atoms with Crippen molar-refractivity contribution in [3.05, 3.63) is 77.7 Å². The van der Waals surface area contributed by atoms with Crippen molar-refractivity contribution >= 4 is 12.1 Å². The van der Waals surface area contributed by atoms with E-state index in [1.54, 1.807) is 24.3 Å². The van der Waals surface area contributed by atoms with E-state index in [0.717, 1.165) is 0 Å². The topological polar surface area (TPSA) is 93.3 Å². The molecule has 0 spiro atoms. The second-order valence-electron chi connectivity index (χ2n) is 5.50. The van der Waals surface area contributed by atoms with Crippen LogP contribution in [-0.2, 0) is 6.61 Å². The fraction of sp³-hybridized carbons (Fsp3) is 0.100. The number of ether oxygens (including phenoxy) is 2. The average Bonchev–Trinajstić information content (AvgIpc) is 3.17. The molecule has 0 unspecified atom stereocenters. The molecule has 7 heteroatoms. The number of furan rings is 1. The molecule has 0 aliphatic carbocycles. The van der Waals surface area contributed by atoms with Crippen LogP contribution >= 0.6 is 0 Å². The molecular weight excluding hydrogens is 348 g/mol. The van der Waals surface area contributed by atoms with Crippen LogP contribution in [-0.4, -0.2) is 24.3 Å². The first kappa shape index (κ1) is 18.1. The van der Waals surface area contributed by atoms with Gasteiger partial charge in [0.05, 0.1) is 13.3 Å². The van der Waals surface area contributed by atoms with E-state index in [0.29, 0.717) is 22.8 Å². The number of para-hydroxylation sites is 1. The summed E-state index contributed by atoms with van der Waals surface area (Å²) in [6, 6.07) is 17.3. The summed E-state index contributed by atoms with van der Waals surface area (Å²) in [6.45, 7) is 0.216. The minimum Gasteiger partial charge on any atom is -0.504 e. The molecule has 2 N–H and O–H groups in total. The van der Waals surface area contributed by atoms with Gasteiger partial charge in [0.1, 0.15) is 18.1 Å². The van der Waals surface area contributed by atoms with Crippen molar-refractivity contribution in [2.24, 2.45) is 5.10 Å². The number of phenols is 1. The van der Waals surface area contributed by atoms with E-state index >= 15 is 0 Å². The predicted molar refractivity (Wildman–Crippen MR) is 99.2 cm³/mol. The smallest absolute Gasteiger partial charge is 0.307 e. The first-order valence-corrected chi connectivity index (χ1v) is 8.12. The number of carbonyl (C=O) groups excluding carboxylic acids is 1. The number of hydrazone groups is 1. The van der Waals surface area contributed by atoms with Gasteiger partial charge in [-0.15, -0.1) is 0 Å². The number of nitrogens with one attached hydrogen (secondary N) is 1. The Labute approximate surface area is 155 Å². The molecule has 1 amide bonds. The molecule has 0 radical (unpaired) electrons. The molecule has 3 rings (SSSR count). The zero-order valence-electron chi connectivity index (χ0n) is 14.6. The largest absolute Gasteiger partial charge is 0.504 e. The monoisotopic (exact) mass is 366 g/mol. The molecule has 0 bridgehead atoms. The van der Waals surface area contributed by atoms with Crippen LogP contribution in [0.2, 0.25) is 0 Å². The summed E-state index contributed by atoms with van der Waals surface area (Å²) >= 11 is 0. The lowest BCUT2D eigenvalue weighted by Gasteiger charge is -2.03. The lowest BCUT2D eigenvalue weighted by molar-refractivity contribution is 0.0923. The molecule has 7 nitrogen and oxygen atoms in total. The van der Waals surface area contributed by atoms with Crippen LogP contribution in [0.5, 0.6) is 17.2 Å². The quantitative estimate of drug-likeness (QED) is 0.494. The molecule has 0 fully saturated rings. The number of hydrogen-bond acceptors (Lipinski definition) is 6. The molecule has 0 saturated carbocycles. The summed E-state index contributed by atoms with van der Waals surface area (Å²) < 4.78 is 16.0. The van der Waals surface area contributed by atoms with Crippen LogP contribution in [0.15, 0.2) is 70.2 Å². The Balaban J connectivity index is 1.54. The van der Waals surface area contributed by atoms with Gasteiger partial charge in [-0.25, -0.2) is 5.43 Å². The Morgan fingerprint density at radius 3 is 2.78 bits per heavy atom. The van der Waals surface area contributed by atoms with Crippen LogP contribution < -0.4 is 14.9 Å². The zero-order chi connectivity index (χ0) is 19.1. The first-order valence-electron chi connectivity index (χ1n) is 8.12. The lowest BCUT2D eigenvalue weighted by Crippen LogP contribution is -2.16. The number of rotatable bonds is 7. The third kappa shape index (κ3) is 4.88. The van der Waals surface area contributed by atoms with Crippen molar-refractivity contribution in [1.82, 2.24) is 5.43 Å². The average molecular weight is 366 g/mol. The standard InChI is InChI=1S/C20H18N2O5/c1-25-19-11-14(7-9-17(19)23)12-21-22-20(24)18-10-8-16(27-18)13-26-15-5-3-2-4-6-15/h2-12,23H,13H2,1H3,(H,22,24)/b21-12+. The third-order valence-electron chi connectivity index (χ3n) is 3.59. The van der Waals surface area contributed by atoms with E-state index in [4.69, 9.17) is 13.9 Å². The number of hydrogen-bond donors (Lipinski definition) is 2. The van der Waals surface area contributed by atoms with E-state index in [1.807, 2.05) is 30.3 Å². The maximum absolute atomic E-state index is 12.1. The second-order valence-corrected chi connectivity index (χ2v) is 5.50. The summed E-state index contributed by atoms with van der Waals surface area (Å²) in [5.74, 6) is 1.23. The summed E-state index contributed by atoms with van der Waals surface area (Å²) in [6.07, 6.45) is 1.43. The molecule has 1 heterocycles. The van der Waals surface area contributed by atoms with E-state index in [1.165, 1.54) is 19.4 Å². The summed E-state index contributed by atoms with van der Waals surface area (Å²) in [7, 11) is 1.45. The van der Waals surface area contributed by atoms with Crippen LogP contribution in [0.3, 0.4) is 0 Å². The fourth-order valence-electron chi connectivity index (χ4n) is 2.24. The Bertz CT molecular complexity index is 935. The fourth-order valence-corrected chi connectivity index (χ4v) is 2.24. The molecular formula is C20H18N2O5. The molecule has 0 aliphatic rings. The summed E-state index contributed by atoms with van der Waals surface area (Å²) in [5, 5.41) is 13.4. The summed E-state index contributed by atoms with van der Waals surface area (Å²) in [4.78, 5) is 12.1. The highest BCUT2D eigenvalue weighted by Gasteiger charge is 2.11. The zero-order valence-corrected chi connectivity index (χ0v) is 14.6. The molecule has 0 atom stereocenters. The SMILES string of the molecule is COc1cc(/C=N/NC(=O)c2ccc(COc3ccccc3)o2)ccc1O. The molecule has 0 saturated heterocycles. The van der Waals surface area contributed by atoms with Gasteiger partial charge in [0.15, 0.2) is 17.3 Å². The Hall–Kier alpha value is -3.74. The maximum atomic E-state index is 12.1. The Morgan fingerprint density at radius 1 is 1.19 bits per heavy atom. The van der Waals surface area contributed by atoms with E-state index in [-0.39, 0.29) is 18.1 Å². The van der Waals surface area contributed by atoms with Gasteiger partial charge in [-0.2, -0.15) is 5.10 Å². The maximum Gasteiger partial charge on any atom is 0.307 e. The number of carbonyl (C=O) groups is 1. The minimum absolute atomic E-state index is 0.0273. The van der Waals surface area contributed by atoms with Crippen molar-refractivity contribution < 1.29 is 23.8 Å². The van der Waals surface area contributed by atoms with Gasteiger partial charge >= 0.3 is 5.91 Å². The normalized spacial score (nSPS) is 10.7. The van der Waals surface area contributed by atoms with Crippen molar-refractivity contribution in [1.29, 1.82) is 0 Å². The van der Waals surface area contributed by atoms with Crippen molar-refractivity contribution in [2.45, 2.75) is 6.61 Å². The molecule has 27 heavy (non-hydrogen) atoms. The molecule has 138 valence electrons. The Kier molecular flexibility index (Phi) is 5.73. The van der Waals surface area contributed by atoms with Gasteiger partial charge in [-0.05, 0) is 48.0 Å². The number of methoxy groups -OCH3 is 1. The number of amides is 1. The van der Waals surface area contributed by atoms with Gasteiger partial charge in [-0.3, -0.25) is 4.79 Å². The van der Waals surface area contributed by atoms with Gasteiger partial charge in [0, 0.05) is 0 Å². The highest BCUT2D eigenvalue weighted by Crippen LogP contribution is 2.25. The first-order chi connectivity index (χ1) is 13.2. The highest BCUT2D eigenvalue weighted by atomic mass is 16.5. The number of phenolic OH excluding ortho intramolecular Hbond substituents is 1. The van der Waals surface area contributed by atoms with E-state index in [9.17, 15) is 9.90 Å². The lowest BCUT2D eigenvalue weighted by atomic mass is 10.2. The third-order valence-corrected chi connectivity index (χ3v) is 3.59. The van der Waals surface area contributed by atoms with Crippen molar-refractivity contribution in [3.8, 4) is 17.2 Å². The van der Waals surface area contributed by atoms with E-state index in [2.05, 4.69) is 10.5 Å². The summed E-state index contributed by atoms with van der Waals surface area (Å²) in [5.41, 5.74) is 3.03. The van der Waals surface area contributed by atoms with Crippen LogP contribution in [0.4, 0.5) is 0 Å². The second kappa shape index (κ2) is 8.57. The number of aromatic hydroxyl groups is 1. The van der Waals surface area contributed by atoms with Crippen molar-refractivity contribution in [2.75, 3.05) is 7.11 Å². The number of benzene rings is 2. The van der Waals surface area contributed by atoms with Gasteiger partial charge in [0.25, 0.3) is 0 Å². The van der Waals surface area contributed by atoms with Crippen LogP contribution in [0.1, 0.15) is 21.9 Å². The highest BCUT2D eigenvalue weighted by molar-refractivity contribution is 5.92. The molecule has 0 aliphatic heterocycles. The number of nitrogens with zero attached hydrogens (tertiary/aromatic N) is 1. The minimum atomic E-state index is -0.483. The van der Waals surface area contributed by atoms with Crippen molar-refractivity contribution in [3.63, 3.8) is 0 Å². The van der Waals surface area contributed by atoms with Gasteiger partial charge < -0.3 is 19.0 Å². The predicted octanol–water partition coefficient (Wildman–Crippen LogP) is 3.34. The van der Waals surface area contributed by atoms with Crippen LogP contribution in [0.25, 0.3) is 0 Å². The van der Waals surface area contributed by atoms with E-state index < -0.39 is 5.91 Å². The molecule has 2 aromatic carbocycles. The van der Waals surface area contributed by atoms with Gasteiger partial charge in [-0.1, -0.05) is 18.2 Å². The van der Waals surface area contributed by atoms with Gasteiger partial charge in [0.2, 0.25) is 0 Å². The van der Waals surface area contributed by atoms with Crippen LogP contribution in [0, 0.1) is 0 Å². The molecule has 3 aromatic rings. The Morgan fingerprint density at radius 2 is 2.00 bits per heavy atom.